The van der Waals surface area contributed by atoms with Crippen molar-refractivity contribution in [1.82, 2.24) is 19.8 Å². The highest BCUT2D eigenvalue weighted by Crippen LogP contribution is 2.25. The number of carbonyl (C=O) groups is 1. The number of aromatic nitrogens is 2. The van der Waals surface area contributed by atoms with Crippen LogP contribution in [0.1, 0.15) is 16.8 Å². The van der Waals surface area contributed by atoms with Crippen LogP contribution in [-0.2, 0) is 11.3 Å². The molecule has 0 unspecified atom stereocenters. The Morgan fingerprint density at radius 3 is 3.05 bits per heavy atom. The summed E-state index contributed by atoms with van der Waals surface area (Å²) in [6.07, 6.45) is 3.87. The number of morpholine rings is 1. The predicted octanol–water partition coefficient (Wildman–Crippen LogP) is 2.04. The molecule has 1 saturated heterocycles. The van der Waals surface area contributed by atoms with Gasteiger partial charge >= 0.3 is 6.03 Å². The van der Waals surface area contributed by atoms with Gasteiger partial charge in [-0.1, -0.05) is 0 Å². The Morgan fingerprint density at radius 2 is 2.32 bits per heavy atom. The SMILES string of the molecule is Cc1csc([C@H]2CN(C(=O)NCCn3cccc3)CCO2)n1. The standard InChI is InChI=1S/C15H20N4O2S/c1-12-11-22-14(17-12)13-10-19(8-9-21-13)15(20)16-4-7-18-5-2-3-6-18/h2-3,5-6,11,13H,4,7-10H2,1H3,(H,16,20)/t13-/m1/s1. The summed E-state index contributed by atoms with van der Waals surface area (Å²) in [5.41, 5.74) is 0.997. The number of amides is 2. The lowest BCUT2D eigenvalue weighted by molar-refractivity contribution is -0.0155. The van der Waals surface area contributed by atoms with Crippen LogP contribution in [0.25, 0.3) is 0 Å². The Morgan fingerprint density at radius 1 is 1.50 bits per heavy atom. The van der Waals surface area contributed by atoms with Crippen LogP contribution < -0.4 is 5.32 Å². The van der Waals surface area contributed by atoms with Gasteiger partial charge in [0.1, 0.15) is 11.1 Å². The summed E-state index contributed by atoms with van der Waals surface area (Å²) in [6.45, 7) is 5.09. The lowest BCUT2D eigenvalue weighted by Gasteiger charge is -2.32. The fourth-order valence-corrected chi connectivity index (χ4v) is 3.26. The number of urea groups is 1. The molecule has 0 saturated carbocycles. The second-order valence-electron chi connectivity index (χ2n) is 5.29. The zero-order chi connectivity index (χ0) is 15.4. The van der Waals surface area contributed by atoms with E-state index in [2.05, 4.69) is 10.3 Å². The van der Waals surface area contributed by atoms with Crippen molar-refractivity contribution in [3.05, 3.63) is 40.6 Å². The first-order valence-corrected chi connectivity index (χ1v) is 8.27. The molecule has 1 atom stereocenters. The van der Waals surface area contributed by atoms with E-state index >= 15 is 0 Å². The third-order valence-corrected chi connectivity index (χ3v) is 4.63. The first-order valence-electron chi connectivity index (χ1n) is 7.39. The molecule has 6 nitrogen and oxygen atoms in total. The van der Waals surface area contributed by atoms with Crippen LogP contribution in [0.4, 0.5) is 4.79 Å². The van der Waals surface area contributed by atoms with E-state index in [1.165, 1.54) is 0 Å². The van der Waals surface area contributed by atoms with E-state index in [4.69, 9.17) is 4.74 Å². The van der Waals surface area contributed by atoms with Gasteiger partial charge in [0.05, 0.1) is 13.2 Å². The van der Waals surface area contributed by atoms with Crippen molar-refractivity contribution in [3.8, 4) is 0 Å². The normalized spacial score (nSPS) is 18.4. The zero-order valence-corrected chi connectivity index (χ0v) is 13.4. The topological polar surface area (TPSA) is 59.4 Å². The molecule has 2 aromatic rings. The first-order chi connectivity index (χ1) is 10.7. The third kappa shape index (κ3) is 3.66. The summed E-state index contributed by atoms with van der Waals surface area (Å²) in [5.74, 6) is 0. The van der Waals surface area contributed by atoms with Gasteiger partial charge in [0.25, 0.3) is 0 Å². The van der Waals surface area contributed by atoms with Gasteiger partial charge in [-0.3, -0.25) is 0 Å². The average Bonchev–Trinajstić information content (AvgIpc) is 3.19. The number of thiazole rings is 1. The van der Waals surface area contributed by atoms with Crippen LogP contribution in [0, 0.1) is 6.92 Å². The molecule has 7 heteroatoms. The second kappa shape index (κ2) is 6.93. The maximum atomic E-state index is 12.2. The molecule has 0 aromatic carbocycles. The van der Waals surface area contributed by atoms with Crippen molar-refractivity contribution in [2.75, 3.05) is 26.2 Å². The molecule has 2 aromatic heterocycles. The van der Waals surface area contributed by atoms with Crippen LogP contribution in [0.2, 0.25) is 0 Å². The molecule has 0 bridgehead atoms. The summed E-state index contributed by atoms with van der Waals surface area (Å²) in [4.78, 5) is 18.5. The quantitative estimate of drug-likeness (QED) is 0.938. The van der Waals surface area contributed by atoms with Gasteiger partial charge in [-0.2, -0.15) is 0 Å². The van der Waals surface area contributed by atoms with Crippen molar-refractivity contribution in [1.29, 1.82) is 0 Å². The van der Waals surface area contributed by atoms with Crippen molar-refractivity contribution in [2.24, 2.45) is 0 Å². The summed E-state index contributed by atoms with van der Waals surface area (Å²) in [6, 6.07) is 3.92. The minimum atomic E-state index is -0.109. The highest BCUT2D eigenvalue weighted by atomic mass is 32.1. The van der Waals surface area contributed by atoms with Gasteiger partial charge in [-0.05, 0) is 19.1 Å². The lowest BCUT2D eigenvalue weighted by Crippen LogP contribution is -2.47. The largest absolute Gasteiger partial charge is 0.367 e. The number of nitrogens with one attached hydrogen (secondary N) is 1. The van der Waals surface area contributed by atoms with E-state index in [0.717, 1.165) is 17.2 Å². The van der Waals surface area contributed by atoms with Crippen molar-refractivity contribution in [2.45, 2.75) is 19.6 Å². The number of carbonyl (C=O) groups excluding carboxylic acids is 1. The van der Waals surface area contributed by atoms with E-state index in [1.54, 1.807) is 16.2 Å². The molecule has 118 valence electrons. The van der Waals surface area contributed by atoms with Crippen LogP contribution in [0.15, 0.2) is 29.9 Å². The number of ether oxygens (including phenoxy) is 1. The molecule has 2 amide bonds. The van der Waals surface area contributed by atoms with Crippen LogP contribution in [-0.4, -0.2) is 46.7 Å². The molecule has 3 heterocycles. The summed E-state index contributed by atoms with van der Waals surface area (Å²) in [5, 5.41) is 5.92. The Hall–Kier alpha value is -1.86. The molecule has 1 fully saturated rings. The monoisotopic (exact) mass is 320 g/mol. The fraction of sp³-hybridized carbons (Fsp3) is 0.467. The molecule has 3 rings (SSSR count). The van der Waals surface area contributed by atoms with Crippen molar-refractivity contribution >= 4 is 17.4 Å². The molecule has 1 aliphatic rings. The number of hydrogen-bond donors (Lipinski definition) is 1. The van der Waals surface area contributed by atoms with Gasteiger partial charge in [-0.15, -0.1) is 11.3 Å². The molecule has 0 aliphatic carbocycles. The Kier molecular flexibility index (Phi) is 4.74. The third-order valence-electron chi connectivity index (χ3n) is 3.58. The van der Waals surface area contributed by atoms with Crippen LogP contribution in [0.3, 0.4) is 0 Å². The zero-order valence-electron chi connectivity index (χ0n) is 12.6. The molecule has 1 aliphatic heterocycles. The second-order valence-corrected chi connectivity index (χ2v) is 6.18. The summed E-state index contributed by atoms with van der Waals surface area (Å²) in [7, 11) is 0. The molecule has 0 radical (unpaired) electrons. The van der Waals surface area contributed by atoms with Crippen molar-refractivity contribution in [3.63, 3.8) is 0 Å². The highest BCUT2D eigenvalue weighted by molar-refractivity contribution is 7.09. The van der Waals surface area contributed by atoms with Gasteiger partial charge in [0.15, 0.2) is 0 Å². The van der Waals surface area contributed by atoms with E-state index in [1.807, 2.05) is 41.4 Å². The highest BCUT2D eigenvalue weighted by Gasteiger charge is 2.27. The molecule has 22 heavy (non-hydrogen) atoms. The Balaban J connectivity index is 1.49. The molecular weight excluding hydrogens is 300 g/mol. The Bertz CT molecular complexity index is 611. The van der Waals surface area contributed by atoms with E-state index in [-0.39, 0.29) is 12.1 Å². The lowest BCUT2D eigenvalue weighted by atomic mass is 10.3. The molecular formula is C15H20N4O2S. The Labute approximate surface area is 133 Å². The summed E-state index contributed by atoms with van der Waals surface area (Å²) >= 11 is 1.59. The fourth-order valence-electron chi connectivity index (χ4n) is 2.43. The van der Waals surface area contributed by atoms with Crippen LogP contribution >= 0.6 is 11.3 Å². The van der Waals surface area contributed by atoms with Crippen LogP contribution in [0.5, 0.6) is 0 Å². The number of aryl methyl sites for hydroxylation is 1. The van der Waals surface area contributed by atoms with Crippen molar-refractivity contribution < 1.29 is 9.53 Å². The van der Waals surface area contributed by atoms with Gasteiger partial charge < -0.3 is 19.5 Å². The first kappa shape index (κ1) is 15.1. The van der Waals surface area contributed by atoms with E-state index in [0.29, 0.717) is 26.2 Å². The average molecular weight is 320 g/mol. The van der Waals surface area contributed by atoms with Gasteiger partial charge in [0, 0.05) is 43.1 Å². The van der Waals surface area contributed by atoms with Gasteiger partial charge in [0.2, 0.25) is 0 Å². The maximum absolute atomic E-state index is 12.2. The van der Waals surface area contributed by atoms with E-state index < -0.39 is 0 Å². The maximum Gasteiger partial charge on any atom is 0.317 e. The number of hydrogen-bond acceptors (Lipinski definition) is 4. The predicted molar refractivity (Wildman–Crippen MR) is 84.9 cm³/mol. The van der Waals surface area contributed by atoms with Gasteiger partial charge in [-0.25, -0.2) is 9.78 Å². The smallest absolute Gasteiger partial charge is 0.317 e. The van der Waals surface area contributed by atoms with E-state index in [9.17, 15) is 4.79 Å². The number of nitrogens with zero attached hydrogens (tertiary/aromatic N) is 3. The molecule has 0 spiro atoms. The summed E-state index contributed by atoms with van der Waals surface area (Å²) < 4.78 is 7.79. The minimum absolute atomic E-state index is 0.0336. The molecule has 1 N–H and O–H groups in total. The number of rotatable bonds is 4. The minimum Gasteiger partial charge on any atom is -0.367 e.